The molecule has 0 fully saturated rings. The lowest BCUT2D eigenvalue weighted by molar-refractivity contribution is -0.143. The number of ether oxygens (including phenoxy) is 2. The third-order valence-electron chi connectivity index (χ3n) is 3.75. The van der Waals surface area contributed by atoms with Gasteiger partial charge in [-0.25, -0.2) is 4.79 Å². The molecule has 0 spiro atoms. The molecule has 0 aliphatic heterocycles. The van der Waals surface area contributed by atoms with Crippen LogP contribution in [-0.2, 0) is 27.2 Å². The van der Waals surface area contributed by atoms with Gasteiger partial charge in [0, 0.05) is 13.0 Å². The van der Waals surface area contributed by atoms with Gasteiger partial charge in [-0.1, -0.05) is 25.0 Å². The number of aliphatic hydroxyl groups excluding tert-OH is 1. The lowest BCUT2D eigenvalue weighted by atomic mass is 9.97. The van der Waals surface area contributed by atoms with Crippen LogP contribution in [0.2, 0.25) is 0 Å². The van der Waals surface area contributed by atoms with Crippen LogP contribution in [0.5, 0.6) is 5.75 Å². The second-order valence-electron chi connectivity index (χ2n) is 5.54. The SMILES string of the molecule is COC(=O)COc1cccc(CCCCCCO)c1CCC(=O)O. The fraction of sp³-hybridized carbons (Fsp3) is 0.556. The first-order valence-electron chi connectivity index (χ1n) is 8.21. The maximum Gasteiger partial charge on any atom is 0.343 e. The third-order valence-corrected chi connectivity index (χ3v) is 3.75. The van der Waals surface area contributed by atoms with Gasteiger partial charge in [0.25, 0.3) is 0 Å². The number of aliphatic hydroxyl groups is 1. The van der Waals surface area contributed by atoms with Crippen molar-refractivity contribution in [3.63, 3.8) is 0 Å². The zero-order chi connectivity index (χ0) is 17.8. The Balaban J connectivity index is 2.78. The Labute approximate surface area is 142 Å². The second-order valence-corrected chi connectivity index (χ2v) is 5.54. The molecule has 0 heterocycles. The Morgan fingerprint density at radius 3 is 2.50 bits per heavy atom. The molecule has 1 rings (SSSR count). The first-order valence-corrected chi connectivity index (χ1v) is 8.21. The van der Waals surface area contributed by atoms with E-state index in [1.165, 1.54) is 7.11 Å². The number of benzene rings is 1. The largest absolute Gasteiger partial charge is 0.482 e. The van der Waals surface area contributed by atoms with Crippen molar-refractivity contribution >= 4 is 11.9 Å². The van der Waals surface area contributed by atoms with Gasteiger partial charge in [-0.2, -0.15) is 0 Å². The summed E-state index contributed by atoms with van der Waals surface area (Å²) in [5, 5.41) is 17.7. The number of carboxylic acids is 1. The maximum absolute atomic E-state index is 11.3. The summed E-state index contributed by atoms with van der Waals surface area (Å²) in [5.74, 6) is -0.810. The van der Waals surface area contributed by atoms with Crippen LogP contribution in [0.3, 0.4) is 0 Å². The number of unbranched alkanes of at least 4 members (excludes halogenated alkanes) is 3. The van der Waals surface area contributed by atoms with Gasteiger partial charge in [0.1, 0.15) is 5.75 Å². The van der Waals surface area contributed by atoms with Crippen LogP contribution >= 0.6 is 0 Å². The average molecular weight is 338 g/mol. The lowest BCUT2D eigenvalue weighted by Gasteiger charge is -2.15. The second kappa shape index (κ2) is 11.5. The first-order chi connectivity index (χ1) is 11.6. The number of carboxylic acid groups (broad SMARTS) is 1. The van der Waals surface area contributed by atoms with Crippen molar-refractivity contribution in [2.24, 2.45) is 0 Å². The van der Waals surface area contributed by atoms with E-state index >= 15 is 0 Å². The molecule has 6 heteroatoms. The van der Waals surface area contributed by atoms with Crippen LogP contribution < -0.4 is 4.74 Å². The Morgan fingerprint density at radius 1 is 1.08 bits per heavy atom. The van der Waals surface area contributed by atoms with Gasteiger partial charge >= 0.3 is 11.9 Å². The van der Waals surface area contributed by atoms with Crippen LogP contribution in [0.1, 0.15) is 43.2 Å². The molecule has 0 amide bonds. The topological polar surface area (TPSA) is 93.1 Å². The molecule has 0 atom stereocenters. The summed E-state index contributed by atoms with van der Waals surface area (Å²) in [6, 6.07) is 5.56. The van der Waals surface area contributed by atoms with Crippen molar-refractivity contribution in [1.82, 2.24) is 0 Å². The van der Waals surface area contributed by atoms with Crippen molar-refractivity contribution < 1.29 is 29.3 Å². The summed E-state index contributed by atoms with van der Waals surface area (Å²) in [4.78, 5) is 22.2. The molecule has 0 radical (unpaired) electrons. The monoisotopic (exact) mass is 338 g/mol. The van der Waals surface area contributed by atoms with Gasteiger partial charge in [0.15, 0.2) is 6.61 Å². The molecular formula is C18H26O6. The zero-order valence-corrected chi connectivity index (χ0v) is 14.1. The van der Waals surface area contributed by atoms with E-state index < -0.39 is 11.9 Å². The predicted molar refractivity (Wildman–Crippen MR) is 89.2 cm³/mol. The van der Waals surface area contributed by atoms with E-state index in [0.29, 0.717) is 12.2 Å². The number of aliphatic carboxylic acids is 1. The molecule has 0 unspecified atom stereocenters. The number of methoxy groups -OCH3 is 1. The highest BCUT2D eigenvalue weighted by molar-refractivity contribution is 5.71. The van der Waals surface area contributed by atoms with Crippen molar-refractivity contribution in [3.05, 3.63) is 29.3 Å². The van der Waals surface area contributed by atoms with Gasteiger partial charge < -0.3 is 19.7 Å². The summed E-state index contributed by atoms with van der Waals surface area (Å²) in [6.45, 7) is 0.0112. The van der Waals surface area contributed by atoms with Gasteiger partial charge in [0.05, 0.1) is 7.11 Å². The Morgan fingerprint density at radius 2 is 1.83 bits per heavy atom. The standard InChI is InChI=1S/C18H26O6/c1-23-18(22)13-24-16-9-6-8-14(7-4-2-3-5-12-19)15(16)10-11-17(20)21/h6,8-9,19H,2-5,7,10-13H2,1H3,(H,20,21). The maximum atomic E-state index is 11.3. The van der Waals surface area contributed by atoms with E-state index in [1.54, 1.807) is 6.07 Å². The van der Waals surface area contributed by atoms with E-state index in [4.69, 9.17) is 14.9 Å². The number of rotatable bonds is 12. The highest BCUT2D eigenvalue weighted by Gasteiger charge is 2.13. The number of esters is 1. The van der Waals surface area contributed by atoms with E-state index in [2.05, 4.69) is 4.74 Å². The Bertz CT molecular complexity index is 526. The summed E-state index contributed by atoms with van der Waals surface area (Å²) in [7, 11) is 1.29. The lowest BCUT2D eigenvalue weighted by Crippen LogP contribution is -2.14. The molecule has 0 aromatic heterocycles. The molecule has 0 aliphatic rings. The fourth-order valence-electron chi connectivity index (χ4n) is 2.47. The normalized spacial score (nSPS) is 10.4. The van der Waals surface area contributed by atoms with Gasteiger partial charge in [-0.05, 0) is 42.9 Å². The van der Waals surface area contributed by atoms with Crippen LogP contribution in [0.4, 0.5) is 0 Å². The fourth-order valence-corrected chi connectivity index (χ4v) is 2.47. The van der Waals surface area contributed by atoms with E-state index in [0.717, 1.165) is 43.2 Å². The highest BCUT2D eigenvalue weighted by atomic mass is 16.6. The highest BCUT2D eigenvalue weighted by Crippen LogP contribution is 2.26. The minimum absolute atomic E-state index is 0.0100. The molecular weight excluding hydrogens is 312 g/mol. The minimum Gasteiger partial charge on any atom is -0.482 e. The van der Waals surface area contributed by atoms with E-state index in [1.807, 2.05) is 12.1 Å². The van der Waals surface area contributed by atoms with Crippen molar-refractivity contribution in [2.45, 2.75) is 44.9 Å². The number of hydrogen-bond donors (Lipinski definition) is 2. The molecule has 0 saturated carbocycles. The smallest absolute Gasteiger partial charge is 0.343 e. The summed E-state index contributed by atoms with van der Waals surface area (Å²) in [5.41, 5.74) is 1.88. The number of hydrogen-bond acceptors (Lipinski definition) is 5. The summed E-state index contributed by atoms with van der Waals surface area (Å²) < 4.78 is 10.1. The van der Waals surface area contributed by atoms with Gasteiger partial charge in [0.2, 0.25) is 0 Å². The first kappa shape index (κ1) is 20.0. The molecule has 0 aliphatic carbocycles. The third kappa shape index (κ3) is 7.46. The molecule has 2 N–H and O–H groups in total. The average Bonchev–Trinajstić information content (AvgIpc) is 2.58. The van der Waals surface area contributed by atoms with Crippen molar-refractivity contribution in [3.8, 4) is 5.75 Å². The van der Waals surface area contributed by atoms with Crippen molar-refractivity contribution in [2.75, 3.05) is 20.3 Å². The van der Waals surface area contributed by atoms with Crippen LogP contribution in [0.15, 0.2) is 18.2 Å². The molecule has 0 bridgehead atoms. The predicted octanol–water partition coefficient (Wildman–Crippen LogP) is 2.35. The molecule has 6 nitrogen and oxygen atoms in total. The summed E-state index contributed by atoms with van der Waals surface area (Å²) >= 11 is 0. The molecule has 1 aromatic carbocycles. The molecule has 24 heavy (non-hydrogen) atoms. The quantitative estimate of drug-likeness (QED) is 0.449. The van der Waals surface area contributed by atoms with Gasteiger partial charge in [-0.15, -0.1) is 0 Å². The number of aryl methyl sites for hydroxylation is 1. The van der Waals surface area contributed by atoms with E-state index in [9.17, 15) is 9.59 Å². The Kier molecular flexibility index (Phi) is 9.53. The zero-order valence-electron chi connectivity index (χ0n) is 14.1. The summed E-state index contributed by atoms with van der Waals surface area (Å²) in [6.07, 6.45) is 4.92. The molecule has 134 valence electrons. The van der Waals surface area contributed by atoms with E-state index in [-0.39, 0.29) is 19.6 Å². The van der Waals surface area contributed by atoms with Crippen molar-refractivity contribution in [1.29, 1.82) is 0 Å². The van der Waals surface area contributed by atoms with Crippen LogP contribution in [-0.4, -0.2) is 42.5 Å². The van der Waals surface area contributed by atoms with Crippen LogP contribution in [0.25, 0.3) is 0 Å². The molecule has 1 aromatic rings. The molecule has 0 saturated heterocycles. The number of carbonyl (C=O) groups excluding carboxylic acids is 1. The van der Waals surface area contributed by atoms with Gasteiger partial charge in [-0.3, -0.25) is 4.79 Å². The van der Waals surface area contributed by atoms with Crippen LogP contribution in [0, 0.1) is 0 Å². The minimum atomic E-state index is -0.869. The Hall–Kier alpha value is -2.08. The number of carbonyl (C=O) groups is 2.